The first-order valence-electron chi connectivity index (χ1n) is 10.1. The number of carbonyl (C=O) groups excluding carboxylic acids is 1. The highest BCUT2D eigenvalue weighted by molar-refractivity contribution is 7.11. The highest BCUT2D eigenvalue weighted by Gasteiger charge is 2.26. The fourth-order valence-electron chi connectivity index (χ4n) is 3.96. The van der Waals surface area contributed by atoms with Crippen molar-refractivity contribution in [1.29, 1.82) is 0 Å². The number of nitrogens with zero attached hydrogens (tertiary/aromatic N) is 4. The number of aromatic nitrogens is 3. The maximum absolute atomic E-state index is 14.4. The van der Waals surface area contributed by atoms with Gasteiger partial charge in [0.2, 0.25) is 0 Å². The average molecular weight is 458 g/mol. The lowest BCUT2D eigenvalue weighted by Crippen LogP contribution is -2.42. The number of anilines is 1. The summed E-state index contributed by atoms with van der Waals surface area (Å²) >= 11 is 1.27. The molecule has 1 fully saturated rings. The minimum absolute atomic E-state index is 0.0140. The van der Waals surface area contributed by atoms with Crippen molar-refractivity contribution in [2.45, 2.75) is 37.8 Å². The zero-order valence-corrected chi connectivity index (χ0v) is 17.4. The van der Waals surface area contributed by atoms with Crippen molar-refractivity contribution in [3.63, 3.8) is 0 Å². The van der Waals surface area contributed by atoms with Crippen LogP contribution in [0.5, 0.6) is 0 Å². The molecule has 0 bridgehead atoms. The molecule has 2 aliphatic rings. The zero-order chi connectivity index (χ0) is 22.2. The second-order valence-electron chi connectivity index (χ2n) is 7.65. The molecule has 11 heteroatoms. The number of halogens is 3. The van der Waals surface area contributed by atoms with E-state index in [1.54, 1.807) is 11.6 Å². The van der Waals surface area contributed by atoms with E-state index >= 15 is 0 Å². The normalized spacial score (nSPS) is 19.5. The molecule has 3 heterocycles. The lowest BCUT2D eigenvalue weighted by atomic mass is 9.91. The van der Waals surface area contributed by atoms with Crippen LogP contribution in [0, 0.1) is 17.5 Å². The van der Waals surface area contributed by atoms with Gasteiger partial charge in [-0.25, -0.2) is 33.1 Å². The van der Waals surface area contributed by atoms with Gasteiger partial charge in [-0.05, 0) is 31.7 Å². The first-order chi connectivity index (χ1) is 15.5. The Morgan fingerprint density at radius 1 is 1.09 bits per heavy atom. The molecule has 1 unspecified atom stereocenters. The largest absolute Gasteiger partial charge is 0.365 e. The molecule has 1 amide bonds. The van der Waals surface area contributed by atoms with E-state index in [4.69, 9.17) is 0 Å². The van der Waals surface area contributed by atoms with Crippen LogP contribution in [0.2, 0.25) is 0 Å². The third-order valence-corrected chi connectivity index (χ3v) is 6.21. The van der Waals surface area contributed by atoms with E-state index < -0.39 is 17.5 Å². The second-order valence-corrected chi connectivity index (χ2v) is 8.54. The van der Waals surface area contributed by atoms with Crippen molar-refractivity contribution in [2.75, 3.05) is 5.32 Å². The van der Waals surface area contributed by atoms with Crippen LogP contribution in [0.3, 0.4) is 0 Å². The van der Waals surface area contributed by atoms with Crippen molar-refractivity contribution in [3.05, 3.63) is 68.8 Å². The van der Waals surface area contributed by atoms with Crippen LogP contribution < -0.4 is 21.2 Å². The van der Waals surface area contributed by atoms with E-state index in [1.165, 1.54) is 11.3 Å². The van der Waals surface area contributed by atoms with E-state index in [0.717, 1.165) is 37.6 Å². The predicted octanol–water partition coefficient (Wildman–Crippen LogP) is 2.29. The minimum Gasteiger partial charge on any atom is -0.365 e. The molecule has 2 aromatic heterocycles. The highest BCUT2D eigenvalue weighted by Crippen LogP contribution is 2.24. The summed E-state index contributed by atoms with van der Waals surface area (Å²) < 4.78 is 41.7. The number of amides is 1. The van der Waals surface area contributed by atoms with Gasteiger partial charge in [-0.1, -0.05) is 0 Å². The first-order valence-corrected chi connectivity index (χ1v) is 10.9. The lowest BCUT2D eigenvalue weighted by Gasteiger charge is -2.30. The van der Waals surface area contributed by atoms with E-state index in [0.29, 0.717) is 11.4 Å². The summed E-state index contributed by atoms with van der Waals surface area (Å²) in [6.07, 6.45) is 5.62. The van der Waals surface area contributed by atoms with E-state index in [-0.39, 0.29) is 45.9 Å². The van der Waals surface area contributed by atoms with E-state index in [9.17, 15) is 18.0 Å². The molecule has 5 rings (SSSR count). The first kappa shape index (κ1) is 20.6. The van der Waals surface area contributed by atoms with Gasteiger partial charge in [0.1, 0.15) is 16.9 Å². The van der Waals surface area contributed by atoms with Gasteiger partial charge in [-0.15, -0.1) is 11.3 Å². The summed E-state index contributed by atoms with van der Waals surface area (Å²) in [4.78, 5) is 28.4. The maximum Gasteiger partial charge on any atom is 0.280 e. The van der Waals surface area contributed by atoms with Crippen molar-refractivity contribution in [1.82, 2.24) is 20.3 Å². The Morgan fingerprint density at radius 3 is 2.75 bits per heavy atom. The number of rotatable bonds is 5. The summed E-state index contributed by atoms with van der Waals surface area (Å²) in [7, 11) is 0. The van der Waals surface area contributed by atoms with Gasteiger partial charge in [0.15, 0.2) is 28.3 Å². The molecule has 3 aromatic rings. The molecule has 1 saturated carbocycles. The number of thiazole rings is 1. The van der Waals surface area contributed by atoms with Gasteiger partial charge in [0, 0.05) is 34.9 Å². The lowest BCUT2D eigenvalue weighted by molar-refractivity contribution is 0.0926. The number of nitrogens with one attached hydrogen (secondary N) is 2. The fraction of sp³-hybridized carbons (Fsp3) is 0.286. The summed E-state index contributed by atoms with van der Waals surface area (Å²) in [5.74, 6) is -2.30. The van der Waals surface area contributed by atoms with Gasteiger partial charge in [0.25, 0.3) is 5.91 Å². The van der Waals surface area contributed by atoms with Gasteiger partial charge >= 0.3 is 0 Å². The van der Waals surface area contributed by atoms with Crippen molar-refractivity contribution in [2.24, 2.45) is 4.99 Å². The van der Waals surface area contributed by atoms with Crippen molar-refractivity contribution >= 4 is 28.8 Å². The molecule has 164 valence electrons. The Kier molecular flexibility index (Phi) is 5.33. The molecule has 1 aliphatic carbocycles. The number of fused-ring (bicyclic) bond motifs is 1. The molecule has 0 saturated heterocycles. The summed E-state index contributed by atoms with van der Waals surface area (Å²) in [5, 5.41) is 8.49. The van der Waals surface area contributed by atoms with Crippen molar-refractivity contribution < 1.29 is 18.0 Å². The minimum atomic E-state index is -0.766. The van der Waals surface area contributed by atoms with Crippen LogP contribution in [-0.4, -0.2) is 32.9 Å². The van der Waals surface area contributed by atoms with Crippen LogP contribution in [-0.2, 0) is 0 Å². The Morgan fingerprint density at radius 2 is 1.94 bits per heavy atom. The quantitative estimate of drug-likeness (QED) is 0.612. The molecule has 1 aliphatic heterocycles. The third kappa shape index (κ3) is 3.95. The molecule has 0 radical (unpaired) electrons. The van der Waals surface area contributed by atoms with E-state index in [1.807, 2.05) is 0 Å². The van der Waals surface area contributed by atoms with E-state index in [2.05, 4.69) is 30.6 Å². The monoisotopic (exact) mass is 458 g/mol. The molecule has 0 spiro atoms. The van der Waals surface area contributed by atoms with Crippen LogP contribution in [0.4, 0.5) is 19.0 Å². The Bertz CT molecular complexity index is 1310. The summed E-state index contributed by atoms with van der Waals surface area (Å²) in [5.41, 5.74) is 0.207. The zero-order valence-electron chi connectivity index (χ0n) is 16.6. The number of hydrogen-bond acceptors (Lipinski definition) is 7. The summed E-state index contributed by atoms with van der Waals surface area (Å²) in [6, 6.07) is 1.71. The van der Waals surface area contributed by atoms with Gasteiger partial charge in [-0.3, -0.25) is 4.79 Å². The molecule has 1 aromatic carbocycles. The summed E-state index contributed by atoms with van der Waals surface area (Å²) in [6.45, 7) is 0. The number of benzene rings is 1. The Balaban J connectivity index is 1.32. The van der Waals surface area contributed by atoms with Gasteiger partial charge < -0.3 is 10.6 Å². The Labute approximate surface area is 184 Å². The van der Waals surface area contributed by atoms with Crippen LogP contribution in [0.1, 0.15) is 41.3 Å². The fourth-order valence-corrected chi connectivity index (χ4v) is 4.50. The van der Waals surface area contributed by atoms with Crippen LogP contribution in [0.25, 0.3) is 5.70 Å². The Hall–Kier alpha value is -3.34. The van der Waals surface area contributed by atoms with Gasteiger partial charge in [-0.2, -0.15) is 0 Å². The number of hydrogen-bond donors (Lipinski definition) is 2. The average Bonchev–Trinajstić information content (AvgIpc) is 3.28. The van der Waals surface area contributed by atoms with Crippen LogP contribution in [0.15, 0.2) is 34.9 Å². The molecule has 2 N–H and O–H groups in total. The molecule has 32 heavy (non-hydrogen) atoms. The maximum atomic E-state index is 14.4. The topological polar surface area (TPSA) is 92.2 Å². The molecule has 7 nitrogen and oxygen atoms in total. The smallest absolute Gasteiger partial charge is 0.280 e. The van der Waals surface area contributed by atoms with Gasteiger partial charge in [0.05, 0.1) is 6.20 Å². The van der Waals surface area contributed by atoms with Crippen LogP contribution >= 0.6 is 11.3 Å². The molecular weight excluding hydrogens is 441 g/mol. The van der Waals surface area contributed by atoms with Crippen molar-refractivity contribution in [3.8, 4) is 0 Å². The standard InChI is InChI=1S/C21H17F3N6OS/c22-10-6-13-16(14(23)7-10)29-17(13)19-26-9-15(24)18(30-19)27-11-2-1-3-12(8-11)28-20(31)21-25-4-5-32-21/h4-7,9,11-12H,1-3,8H2,(H,28,31)(H,26,27,30)/t11?,12-/m1/s1. The third-order valence-electron chi connectivity index (χ3n) is 5.44. The molecule has 2 atom stereocenters. The SMILES string of the molecule is O=C(N[C@@H]1CCCC(Nc2nc(C3=c4cc(F)cc(F)c4=N3)ncc2F)C1)c1nccs1. The number of carbonyl (C=O) groups is 1. The second kappa shape index (κ2) is 8.30. The highest BCUT2D eigenvalue weighted by atomic mass is 32.1. The predicted molar refractivity (Wildman–Crippen MR) is 111 cm³/mol. The molecular formula is C21H17F3N6OS.